The molecule has 1 heterocycles. The largest absolute Gasteiger partial charge is 0.481 e. The predicted octanol–water partition coefficient (Wildman–Crippen LogP) is 3.72. The van der Waals surface area contributed by atoms with E-state index in [0.29, 0.717) is 5.16 Å². The van der Waals surface area contributed by atoms with Gasteiger partial charge in [-0.25, -0.2) is 4.98 Å². The van der Waals surface area contributed by atoms with Gasteiger partial charge in [-0.3, -0.25) is 9.36 Å². The first-order chi connectivity index (χ1) is 8.97. The lowest BCUT2D eigenvalue weighted by Crippen LogP contribution is -2.01. The third kappa shape index (κ3) is 3.73. The molecule has 1 N–H and O–H groups in total. The van der Waals surface area contributed by atoms with E-state index >= 15 is 0 Å². The number of nitrogens with zero attached hydrogens (tertiary/aromatic N) is 2. The zero-order chi connectivity index (χ0) is 14.0. The summed E-state index contributed by atoms with van der Waals surface area (Å²) in [7, 11) is 0. The molecule has 0 atom stereocenters. The fourth-order valence-corrected chi connectivity index (χ4v) is 3.79. The average Bonchev–Trinajstić information content (AvgIpc) is 2.67. The second-order valence-electron chi connectivity index (χ2n) is 3.81. The number of halogens is 2. The zero-order valence-electron chi connectivity index (χ0n) is 9.93. The molecule has 0 aliphatic carbocycles. The number of hydrogen-bond donors (Lipinski definition) is 1. The van der Waals surface area contributed by atoms with E-state index in [2.05, 4.69) is 43.5 Å². The Hall–Kier alpha value is -0.540. The summed E-state index contributed by atoms with van der Waals surface area (Å²) in [5.41, 5.74) is 1.81. The number of carboxylic acids is 1. The topological polar surface area (TPSA) is 55.1 Å². The van der Waals surface area contributed by atoms with Gasteiger partial charge in [0.1, 0.15) is 0 Å². The second-order valence-corrected chi connectivity index (χ2v) is 6.86. The summed E-state index contributed by atoms with van der Waals surface area (Å²) < 4.78 is 3.99. The monoisotopic (exact) mass is 452 g/mol. The molecule has 0 spiro atoms. The van der Waals surface area contributed by atoms with E-state index < -0.39 is 5.97 Å². The lowest BCUT2D eigenvalue weighted by atomic mass is 10.3. The van der Waals surface area contributed by atoms with E-state index in [0.717, 1.165) is 19.4 Å². The molecule has 2 aromatic rings. The maximum atomic E-state index is 10.7. The number of aliphatic carboxylic acids is 1. The van der Waals surface area contributed by atoms with Crippen LogP contribution in [0.4, 0.5) is 0 Å². The molecule has 1 aromatic carbocycles. The van der Waals surface area contributed by atoms with Gasteiger partial charge in [-0.15, -0.1) is 0 Å². The minimum absolute atomic E-state index is 0.00155. The van der Waals surface area contributed by atoms with Gasteiger partial charge in [0.25, 0.3) is 0 Å². The summed E-state index contributed by atoms with van der Waals surface area (Å²) in [6, 6.07) is 6.00. The van der Waals surface area contributed by atoms with Crippen LogP contribution in [0.15, 0.2) is 34.0 Å². The van der Waals surface area contributed by atoms with E-state index in [1.165, 1.54) is 11.8 Å². The van der Waals surface area contributed by atoms with Crippen molar-refractivity contribution in [1.82, 2.24) is 9.55 Å². The van der Waals surface area contributed by atoms with Crippen molar-refractivity contribution < 1.29 is 9.90 Å². The molecule has 0 aliphatic heterocycles. The Morgan fingerprint density at radius 1 is 1.58 bits per heavy atom. The summed E-state index contributed by atoms with van der Waals surface area (Å²) in [4.78, 5) is 15.0. The van der Waals surface area contributed by atoms with Crippen LogP contribution in [-0.2, 0) is 4.79 Å². The molecular weight excluding hydrogens is 443 g/mol. The van der Waals surface area contributed by atoms with Crippen LogP contribution in [0.5, 0.6) is 0 Å². The van der Waals surface area contributed by atoms with E-state index in [1.54, 1.807) is 0 Å². The minimum Gasteiger partial charge on any atom is -0.481 e. The highest BCUT2D eigenvalue weighted by molar-refractivity contribution is 14.1. The smallest absolute Gasteiger partial charge is 0.313 e. The highest BCUT2D eigenvalue weighted by Gasteiger charge is 2.12. The summed E-state index contributed by atoms with van der Waals surface area (Å²) in [6.07, 6.45) is 1.90. The molecule has 0 radical (unpaired) electrons. The summed E-state index contributed by atoms with van der Waals surface area (Å²) in [5, 5.41) is 9.45. The molecule has 1 aromatic heterocycles. The second kappa shape index (κ2) is 6.27. The maximum Gasteiger partial charge on any atom is 0.313 e. The molecule has 0 bridgehead atoms. The number of benzene rings is 1. The Labute approximate surface area is 136 Å². The minimum atomic E-state index is -0.848. The molecule has 0 fully saturated rings. The Balaban J connectivity index is 2.40. The van der Waals surface area contributed by atoms with Gasteiger partial charge in [-0.2, -0.15) is 0 Å². The number of aryl methyl sites for hydroxylation is 1. The standard InChI is InChI=1S/C12H10BrIN2O2S/c1-7-5-16(12(15-7)19-6-11(17)18)10-3-2-8(14)4-9(10)13/h2-5H,6H2,1H3,(H,17,18). The van der Waals surface area contributed by atoms with Crippen molar-refractivity contribution in [3.63, 3.8) is 0 Å². The van der Waals surface area contributed by atoms with Crippen LogP contribution in [0.1, 0.15) is 5.69 Å². The molecule has 7 heteroatoms. The van der Waals surface area contributed by atoms with Gasteiger partial charge in [-0.1, -0.05) is 11.8 Å². The normalized spacial score (nSPS) is 10.7. The summed E-state index contributed by atoms with van der Waals surface area (Å²) in [6.45, 7) is 1.89. The van der Waals surface area contributed by atoms with Crippen LogP contribution < -0.4 is 0 Å². The number of rotatable bonds is 4. The molecule has 0 amide bonds. The van der Waals surface area contributed by atoms with Gasteiger partial charge in [0.15, 0.2) is 5.16 Å². The predicted molar refractivity (Wildman–Crippen MR) is 87.1 cm³/mol. The zero-order valence-corrected chi connectivity index (χ0v) is 14.5. The van der Waals surface area contributed by atoms with Crippen LogP contribution in [0.3, 0.4) is 0 Å². The van der Waals surface area contributed by atoms with Crippen LogP contribution in [0.25, 0.3) is 5.69 Å². The SMILES string of the molecule is Cc1cn(-c2ccc(I)cc2Br)c(SCC(=O)O)n1. The molecule has 4 nitrogen and oxygen atoms in total. The van der Waals surface area contributed by atoms with Gasteiger partial charge in [0.05, 0.1) is 17.1 Å². The first-order valence-corrected chi connectivity index (χ1v) is 8.19. The van der Waals surface area contributed by atoms with Crippen LogP contribution in [0, 0.1) is 10.5 Å². The molecule has 0 unspecified atom stereocenters. The summed E-state index contributed by atoms with van der Waals surface area (Å²) >= 11 is 6.98. The molecule has 0 aliphatic rings. The third-order valence-electron chi connectivity index (χ3n) is 2.29. The molecule has 2 rings (SSSR count). The Bertz CT molecular complexity index is 630. The highest BCUT2D eigenvalue weighted by atomic mass is 127. The lowest BCUT2D eigenvalue weighted by Gasteiger charge is -2.09. The molecule has 19 heavy (non-hydrogen) atoms. The van der Waals surface area contributed by atoms with Gasteiger partial charge in [0, 0.05) is 14.2 Å². The van der Waals surface area contributed by atoms with Gasteiger partial charge in [-0.05, 0) is 63.6 Å². The van der Waals surface area contributed by atoms with Crippen molar-refractivity contribution in [2.45, 2.75) is 12.1 Å². The first-order valence-electron chi connectivity index (χ1n) is 5.33. The average molecular weight is 453 g/mol. The van der Waals surface area contributed by atoms with E-state index in [4.69, 9.17) is 5.11 Å². The Morgan fingerprint density at radius 3 is 2.95 bits per heavy atom. The highest BCUT2D eigenvalue weighted by Crippen LogP contribution is 2.28. The summed E-state index contributed by atoms with van der Waals surface area (Å²) in [5.74, 6) is -0.850. The number of aromatic nitrogens is 2. The third-order valence-corrected chi connectivity index (χ3v) is 4.53. The van der Waals surface area contributed by atoms with E-state index in [1.807, 2.05) is 35.9 Å². The van der Waals surface area contributed by atoms with Crippen LogP contribution >= 0.6 is 50.3 Å². The van der Waals surface area contributed by atoms with Crippen molar-refractivity contribution in [3.8, 4) is 5.69 Å². The van der Waals surface area contributed by atoms with E-state index in [-0.39, 0.29) is 5.75 Å². The Morgan fingerprint density at radius 2 is 2.32 bits per heavy atom. The molecule has 100 valence electrons. The lowest BCUT2D eigenvalue weighted by molar-refractivity contribution is -0.133. The van der Waals surface area contributed by atoms with Gasteiger partial charge < -0.3 is 5.11 Å². The van der Waals surface area contributed by atoms with Gasteiger partial charge >= 0.3 is 5.97 Å². The van der Waals surface area contributed by atoms with Crippen LogP contribution in [-0.4, -0.2) is 26.4 Å². The first kappa shape index (κ1) is 14.9. The van der Waals surface area contributed by atoms with Gasteiger partial charge in [0.2, 0.25) is 0 Å². The van der Waals surface area contributed by atoms with Crippen molar-refractivity contribution in [1.29, 1.82) is 0 Å². The number of carboxylic acid groups (broad SMARTS) is 1. The maximum absolute atomic E-state index is 10.7. The quantitative estimate of drug-likeness (QED) is 0.567. The number of hydrogen-bond acceptors (Lipinski definition) is 3. The molecular formula is C12H10BrIN2O2S. The Kier molecular flexibility index (Phi) is 4.91. The fourth-order valence-electron chi connectivity index (χ4n) is 1.55. The van der Waals surface area contributed by atoms with E-state index in [9.17, 15) is 4.79 Å². The number of thioether (sulfide) groups is 1. The van der Waals surface area contributed by atoms with Crippen LogP contribution in [0.2, 0.25) is 0 Å². The van der Waals surface area contributed by atoms with Crippen molar-refractivity contribution >= 4 is 56.3 Å². The van der Waals surface area contributed by atoms with Crippen molar-refractivity contribution in [3.05, 3.63) is 38.1 Å². The molecule has 0 saturated heterocycles. The van der Waals surface area contributed by atoms with Crippen molar-refractivity contribution in [2.24, 2.45) is 0 Å². The number of imidazole rings is 1. The number of carbonyl (C=O) groups is 1. The molecule has 0 saturated carbocycles. The van der Waals surface area contributed by atoms with Crippen molar-refractivity contribution in [2.75, 3.05) is 5.75 Å². The fraction of sp³-hybridized carbons (Fsp3) is 0.167.